The van der Waals surface area contributed by atoms with E-state index >= 15 is 0 Å². The summed E-state index contributed by atoms with van der Waals surface area (Å²) >= 11 is 1.56. The molecule has 0 spiro atoms. The van der Waals surface area contributed by atoms with E-state index in [-0.39, 0.29) is 12.1 Å². The fourth-order valence-electron chi connectivity index (χ4n) is 2.26. The van der Waals surface area contributed by atoms with Crippen LogP contribution in [0.2, 0.25) is 0 Å². The van der Waals surface area contributed by atoms with Gasteiger partial charge in [-0.25, -0.2) is 4.79 Å². The minimum atomic E-state index is -1.01. The van der Waals surface area contributed by atoms with Crippen LogP contribution in [-0.4, -0.2) is 40.3 Å². The largest absolute Gasteiger partial charge is 0.478 e. The molecule has 0 aliphatic heterocycles. The highest BCUT2D eigenvalue weighted by atomic mass is 32.2. The summed E-state index contributed by atoms with van der Waals surface area (Å²) in [6.45, 7) is 2.37. The van der Waals surface area contributed by atoms with Gasteiger partial charge in [-0.1, -0.05) is 18.2 Å². The van der Waals surface area contributed by atoms with Crippen molar-refractivity contribution in [2.24, 2.45) is 0 Å². The first kappa shape index (κ1) is 15.9. The van der Waals surface area contributed by atoms with Crippen molar-refractivity contribution >= 4 is 28.7 Å². The van der Waals surface area contributed by atoms with Gasteiger partial charge >= 0.3 is 5.97 Å². The van der Waals surface area contributed by atoms with Crippen molar-refractivity contribution in [2.75, 3.05) is 18.6 Å². The minimum Gasteiger partial charge on any atom is -0.478 e. The van der Waals surface area contributed by atoms with Crippen molar-refractivity contribution in [1.82, 2.24) is 5.32 Å². The van der Waals surface area contributed by atoms with Gasteiger partial charge in [0.25, 0.3) is 0 Å². The third-order valence-corrected chi connectivity index (χ3v) is 4.04. The molecule has 1 heterocycles. The van der Waals surface area contributed by atoms with E-state index in [4.69, 9.17) is 4.42 Å². The average molecular weight is 309 g/mol. The number of carboxylic acid groups (broad SMARTS) is 1. The smallest absolute Gasteiger partial charge is 0.339 e. The first-order valence-corrected chi connectivity index (χ1v) is 8.00. The average Bonchev–Trinajstić information content (AvgIpc) is 2.76. The SMILES string of the molecule is CSCC(C)(O)CNCc1oc2ccccc2c1C(=O)O. The van der Waals surface area contributed by atoms with Gasteiger partial charge < -0.3 is 19.9 Å². The van der Waals surface area contributed by atoms with Gasteiger partial charge in [0, 0.05) is 17.7 Å². The molecule has 1 unspecified atom stereocenters. The predicted octanol–water partition coefficient (Wildman–Crippen LogP) is 2.33. The summed E-state index contributed by atoms with van der Waals surface area (Å²) in [5, 5.41) is 23.1. The zero-order chi connectivity index (χ0) is 15.5. The summed E-state index contributed by atoms with van der Waals surface area (Å²) in [5.74, 6) is -0.0254. The molecule has 0 saturated heterocycles. The molecular formula is C15H19NO4S. The van der Waals surface area contributed by atoms with Gasteiger partial charge in [0.05, 0.1) is 12.1 Å². The van der Waals surface area contributed by atoms with Gasteiger partial charge in [-0.3, -0.25) is 0 Å². The molecule has 6 heteroatoms. The van der Waals surface area contributed by atoms with Gasteiger partial charge in [-0.2, -0.15) is 11.8 Å². The zero-order valence-electron chi connectivity index (χ0n) is 12.0. The third kappa shape index (κ3) is 3.78. The molecule has 1 atom stereocenters. The van der Waals surface area contributed by atoms with Crippen LogP contribution in [0, 0.1) is 0 Å². The maximum atomic E-state index is 11.4. The van der Waals surface area contributed by atoms with Crippen LogP contribution in [0.4, 0.5) is 0 Å². The molecule has 5 nitrogen and oxygen atoms in total. The minimum absolute atomic E-state index is 0.183. The number of rotatable bonds is 7. The Balaban J connectivity index is 2.15. The van der Waals surface area contributed by atoms with Crippen molar-refractivity contribution in [3.8, 4) is 0 Å². The fraction of sp³-hybridized carbons (Fsp3) is 0.400. The molecule has 2 rings (SSSR count). The molecule has 114 valence electrons. The van der Waals surface area contributed by atoms with Crippen LogP contribution in [0.5, 0.6) is 0 Å². The number of carboxylic acids is 1. The molecular weight excluding hydrogens is 290 g/mol. The van der Waals surface area contributed by atoms with Crippen LogP contribution in [0.15, 0.2) is 28.7 Å². The van der Waals surface area contributed by atoms with E-state index in [1.54, 1.807) is 43.0 Å². The first-order valence-electron chi connectivity index (χ1n) is 6.60. The Morgan fingerprint density at radius 1 is 1.43 bits per heavy atom. The predicted molar refractivity (Wildman–Crippen MR) is 83.9 cm³/mol. The molecule has 1 aromatic carbocycles. The number of benzene rings is 1. The van der Waals surface area contributed by atoms with Crippen LogP contribution in [0.3, 0.4) is 0 Å². The second-order valence-corrected chi connectivity index (χ2v) is 6.10. The van der Waals surface area contributed by atoms with E-state index in [1.807, 2.05) is 6.26 Å². The molecule has 0 fully saturated rings. The molecule has 1 aromatic heterocycles. The number of aromatic carboxylic acids is 1. The van der Waals surface area contributed by atoms with E-state index in [0.717, 1.165) is 0 Å². The van der Waals surface area contributed by atoms with Crippen LogP contribution in [-0.2, 0) is 6.54 Å². The molecule has 3 N–H and O–H groups in total. The Morgan fingerprint density at radius 3 is 2.81 bits per heavy atom. The highest BCUT2D eigenvalue weighted by Gasteiger charge is 2.22. The third-order valence-electron chi connectivity index (χ3n) is 3.13. The number of nitrogens with one attached hydrogen (secondary N) is 1. The second-order valence-electron chi connectivity index (χ2n) is 5.24. The maximum absolute atomic E-state index is 11.4. The van der Waals surface area contributed by atoms with Crippen LogP contribution in [0.1, 0.15) is 23.0 Å². The number of thioether (sulfide) groups is 1. The Kier molecular flexibility index (Phi) is 4.92. The van der Waals surface area contributed by atoms with Gasteiger partial charge in [0.2, 0.25) is 0 Å². The lowest BCUT2D eigenvalue weighted by Gasteiger charge is -2.22. The molecule has 0 bridgehead atoms. The van der Waals surface area contributed by atoms with E-state index in [1.165, 1.54) is 0 Å². The molecule has 21 heavy (non-hydrogen) atoms. The molecule has 0 aliphatic rings. The van der Waals surface area contributed by atoms with Crippen LogP contribution >= 0.6 is 11.8 Å². The lowest BCUT2D eigenvalue weighted by Crippen LogP contribution is -2.39. The standard InChI is InChI=1S/C15H19NO4S/c1-15(19,9-21-2)8-16-7-12-13(14(17)18)10-5-3-4-6-11(10)20-12/h3-6,16,19H,7-9H2,1-2H3,(H,17,18). The number of furan rings is 1. The summed E-state index contributed by atoms with van der Waals surface area (Å²) in [4.78, 5) is 11.4. The van der Waals surface area contributed by atoms with Gasteiger partial charge in [-0.05, 0) is 19.2 Å². The summed E-state index contributed by atoms with van der Waals surface area (Å²) in [5.41, 5.74) is -0.0976. The molecule has 0 saturated carbocycles. The molecule has 0 amide bonds. The van der Waals surface area contributed by atoms with E-state index in [9.17, 15) is 15.0 Å². The van der Waals surface area contributed by atoms with Crippen molar-refractivity contribution in [3.63, 3.8) is 0 Å². The van der Waals surface area contributed by atoms with Crippen molar-refractivity contribution in [1.29, 1.82) is 0 Å². The number of hydrogen-bond donors (Lipinski definition) is 3. The molecule has 2 aromatic rings. The zero-order valence-corrected chi connectivity index (χ0v) is 12.9. The van der Waals surface area contributed by atoms with Crippen molar-refractivity contribution in [3.05, 3.63) is 35.6 Å². The highest BCUT2D eigenvalue weighted by molar-refractivity contribution is 7.98. The number of hydrogen-bond acceptors (Lipinski definition) is 5. The van der Waals surface area contributed by atoms with Crippen LogP contribution in [0.25, 0.3) is 11.0 Å². The van der Waals surface area contributed by atoms with Gasteiger partial charge in [0.15, 0.2) is 0 Å². The van der Waals surface area contributed by atoms with Crippen molar-refractivity contribution in [2.45, 2.75) is 19.1 Å². The lowest BCUT2D eigenvalue weighted by molar-refractivity contribution is 0.0695. The number of para-hydroxylation sites is 1. The van der Waals surface area contributed by atoms with Gasteiger partial charge in [0.1, 0.15) is 16.9 Å². The lowest BCUT2D eigenvalue weighted by atomic mass is 10.1. The second kappa shape index (κ2) is 6.51. The topological polar surface area (TPSA) is 82.7 Å². The summed E-state index contributed by atoms with van der Waals surface area (Å²) in [6.07, 6.45) is 1.93. The Labute approximate surface area is 127 Å². The fourth-order valence-corrected chi connectivity index (χ4v) is 2.99. The summed E-state index contributed by atoms with van der Waals surface area (Å²) < 4.78 is 5.61. The number of fused-ring (bicyclic) bond motifs is 1. The monoisotopic (exact) mass is 309 g/mol. The highest BCUT2D eigenvalue weighted by Crippen LogP contribution is 2.25. The van der Waals surface area contributed by atoms with Crippen LogP contribution < -0.4 is 5.32 Å². The maximum Gasteiger partial charge on any atom is 0.339 e. The van der Waals surface area contributed by atoms with Crippen molar-refractivity contribution < 1.29 is 19.4 Å². The number of carbonyl (C=O) groups is 1. The van der Waals surface area contributed by atoms with E-state index in [2.05, 4.69) is 5.32 Å². The quantitative estimate of drug-likeness (QED) is 0.728. The Hall–Kier alpha value is -1.50. The van der Waals surface area contributed by atoms with E-state index < -0.39 is 11.6 Å². The molecule has 0 radical (unpaired) electrons. The van der Waals surface area contributed by atoms with E-state index in [0.29, 0.717) is 29.0 Å². The molecule has 0 aliphatic carbocycles. The normalized spacial score (nSPS) is 14.2. The Morgan fingerprint density at radius 2 is 2.14 bits per heavy atom. The van der Waals surface area contributed by atoms with Gasteiger partial charge in [-0.15, -0.1) is 0 Å². The summed E-state index contributed by atoms with van der Waals surface area (Å²) in [6, 6.07) is 7.06. The first-order chi connectivity index (χ1) is 9.94. The summed E-state index contributed by atoms with van der Waals surface area (Å²) in [7, 11) is 0. The number of aliphatic hydroxyl groups is 1. The Bertz CT molecular complexity index is 636.